The monoisotopic (exact) mass is 306 g/mol. The van der Waals surface area contributed by atoms with E-state index in [4.69, 9.17) is 0 Å². The van der Waals surface area contributed by atoms with Crippen LogP contribution in [0.3, 0.4) is 0 Å². The van der Waals surface area contributed by atoms with E-state index in [0.29, 0.717) is 18.8 Å². The normalized spacial score (nSPS) is 40.3. The molecule has 1 saturated carbocycles. The Labute approximate surface area is 136 Å². The predicted molar refractivity (Wildman–Crippen MR) is 92.6 cm³/mol. The van der Waals surface area contributed by atoms with E-state index in [9.17, 15) is 10.2 Å². The van der Waals surface area contributed by atoms with Gasteiger partial charge in [-0.05, 0) is 62.9 Å². The van der Waals surface area contributed by atoms with E-state index in [2.05, 4.69) is 40.3 Å². The molecule has 2 nitrogen and oxygen atoms in total. The SMILES string of the molecule is C=C[C@](C)(O)CC[C@@]1(O)C(C)=CC[C@H]2C(C)(C)CCC[C@@]21C. The lowest BCUT2D eigenvalue weighted by molar-refractivity contribution is -0.150. The van der Waals surface area contributed by atoms with E-state index < -0.39 is 11.2 Å². The third kappa shape index (κ3) is 2.69. The van der Waals surface area contributed by atoms with Crippen LogP contribution in [-0.2, 0) is 0 Å². The molecule has 22 heavy (non-hydrogen) atoms. The molecule has 0 unspecified atom stereocenters. The summed E-state index contributed by atoms with van der Waals surface area (Å²) in [6, 6.07) is 0. The number of allylic oxidation sites excluding steroid dienone is 1. The highest BCUT2D eigenvalue weighted by Crippen LogP contribution is 2.62. The van der Waals surface area contributed by atoms with Gasteiger partial charge in [0.25, 0.3) is 0 Å². The van der Waals surface area contributed by atoms with Gasteiger partial charge in [0.05, 0.1) is 11.2 Å². The Morgan fingerprint density at radius 1 is 1.36 bits per heavy atom. The van der Waals surface area contributed by atoms with Crippen LogP contribution in [0.1, 0.15) is 73.1 Å². The average molecular weight is 306 g/mol. The van der Waals surface area contributed by atoms with Crippen LogP contribution >= 0.6 is 0 Å². The molecule has 2 heteroatoms. The first-order valence-electron chi connectivity index (χ1n) is 8.74. The van der Waals surface area contributed by atoms with Crippen LogP contribution in [0.2, 0.25) is 0 Å². The molecule has 0 amide bonds. The van der Waals surface area contributed by atoms with Crippen LogP contribution in [0.15, 0.2) is 24.3 Å². The zero-order valence-corrected chi connectivity index (χ0v) is 15.1. The van der Waals surface area contributed by atoms with E-state index in [-0.39, 0.29) is 10.8 Å². The number of hydrogen-bond acceptors (Lipinski definition) is 2. The topological polar surface area (TPSA) is 40.5 Å². The predicted octanol–water partition coefficient (Wildman–Crippen LogP) is 4.62. The fourth-order valence-corrected chi connectivity index (χ4v) is 5.13. The first kappa shape index (κ1) is 17.7. The van der Waals surface area contributed by atoms with Crippen molar-refractivity contribution in [2.45, 2.75) is 84.3 Å². The van der Waals surface area contributed by atoms with E-state index in [1.54, 1.807) is 13.0 Å². The largest absolute Gasteiger partial charge is 0.386 e. The van der Waals surface area contributed by atoms with Crippen molar-refractivity contribution in [2.24, 2.45) is 16.7 Å². The fraction of sp³-hybridized carbons (Fsp3) is 0.800. The fourth-order valence-electron chi connectivity index (χ4n) is 5.13. The Kier molecular flexibility index (Phi) is 4.43. The van der Waals surface area contributed by atoms with Gasteiger partial charge in [-0.3, -0.25) is 0 Å². The Morgan fingerprint density at radius 2 is 2.00 bits per heavy atom. The van der Waals surface area contributed by atoms with Crippen molar-refractivity contribution in [2.75, 3.05) is 0 Å². The van der Waals surface area contributed by atoms with Crippen molar-refractivity contribution >= 4 is 0 Å². The number of rotatable bonds is 4. The molecule has 0 aromatic rings. The maximum Gasteiger partial charge on any atom is 0.0911 e. The molecule has 0 bridgehead atoms. The van der Waals surface area contributed by atoms with E-state index in [1.807, 2.05) is 0 Å². The molecule has 0 aliphatic heterocycles. The van der Waals surface area contributed by atoms with Crippen molar-refractivity contribution in [3.05, 3.63) is 24.3 Å². The van der Waals surface area contributed by atoms with Gasteiger partial charge in [-0.1, -0.05) is 39.3 Å². The zero-order valence-electron chi connectivity index (χ0n) is 15.1. The second-order valence-electron chi connectivity index (χ2n) is 8.86. The highest BCUT2D eigenvalue weighted by Gasteiger charge is 2.59. The molecule has 2 aliphatic rings. The van der Waals surface area contributed by atoms with Gasteiger partial charge in [0.1, 0.15) is 0 Å². The van der Waals surface area contributed by atoms with Crippen LogP contribution in [-0.4, -0.2) is 21.4 Å². The van der Waals surface area contributed by atoms with Crippen LogP contribution in [0.4, 0.5) is 0 Å². The standard InChI is InChI=1S/C20H34O2/c1-7-18(5,21)13-14-20(22)15(2)9-10-16-17(3,4)11-8-12-19(16,20)6/h7,9,16,21-22H,1,8,10-14H2,2-6H3/t16-,18-,19-,20+/m0/s1. The molecule has 2 N–H and O–H groups in total. The van der Waals surface area contributed by atoms with Crippen molar-refractivity contribution in [1.82, 2.24) is 0 Å². The number of hydrogen-bond donors (Lipinski definition) is 2. The minimum Gasteiger partial charge on any atom is -0.386 e. The summed E-state index contributed by atoms with van der Waals surface area (Å²) in [4.78, 5) is 0. The highest BCUT2D eigenvalue weighted by molar-refractivity contribution is 5.27. The van der Waals surface area contributed by atoms with Crippen LogP contribution in [0, 0.1) is 16.7 Å². The van der Waals surface area contributed by atoms with Crippen molar-refractivity contribution in [1.29, 1.82) is 0 Å². The molecular weight excluding hydrogens is 272 g/mol. The highest BCUT2D eigenvalue weighted by atomic mass is 16.3. The summed E-state index contributed by atoms with van der Waals surface area (Å²) in [6.45, 7) is 14.5. The van der Waals surface area contributed by atoms with E-state index in [1.165, 1.54) is 12.8 Å². The summed E-state index contributed by atoms with van der Waals surface area (Å²) in [5.74, 6) is 0.496. The summed E-state index contributed by atoms with van der Waals surface area (Å²) < 4.78 is 0. The lowest BCUT2D eigenvalue weighted by atomic mass is 9.46. The molecule has 126 valence electrons. The first-order valence-corrected chi connectivity index (χ1v) is 8.74. The summed E-state index contributed by atoms with van der Waals surface area (Å²) >= 11 is 0. The number of aliphatic hydroxyl groups is 2. The van der Waals surface area contributed by atoms with Crippen LogP contribution < -0.4 is 0 Å². The minimum atomic E-state index is -0.913. The molecule has 4 atom stereocenters. The van der Waals surface area contributed by atoms with E-state index >= 15 is 0 Å². The number of fused-ring (bicyclic) bond motifs is 1. The van der Waals surface area contributed by atoms with Gasteiger partial charge in [-0.15, -0.1) is 6.58 Å². The van der Waals surface area contributed by atoms with Gasteiger partial charge < -0.3 is 10.2 Å². The lowest BCUT2D eigenvalue weighted by Crippen LogP contribution is -2.59. The van der Waals surface area contributed by atoms with Crippen molar-refractivity contribution in [3.8, 4) is 0 Å². The second-order valence-corrected chi connectivity index (χ2v) is 8.86. The summed E-state index contributed by atoms with van der Waals surface area (Å²) in [7, 11) is 0. The summed E-state index contributed by atoms with van der Waals surface area (Å²) in [5, 5.41) is 22.0. The Bertz CT molecular complexity index is 474. The molecule has 1 fully saturated rings. The third-order valence-electron chi connectivity index (χ3n) is 6.92. The van der Waals surface area contributed by atoms with E-state index in [0.717, 1.165) is 18.4 Å². The maximum atomic E-state index is 11.7. The van der Waals surface area contributed by atoms with Gasteiger partial charge >= 0.3 is 0 Å². The first-order chi connectivity index (χ1) is 9.98. The molecule has 0 spiro atoms. The molecule has 0 saturated heterocycles. The van der Waals surface area contributed by atoms with Gasteiger partial charge in [0.2, 0.25) is 0 Å². The van der Waals surface area contributed by atoms with Crippen LogP contribution in [0.5, 0.6) is 0 Å². The van der Waals surface area contributed by atoms with Crippen LogP contribution in [0.25, 0.3) is 0 Å². The minimum absolute atomic E-state index is 0.106. The quantitative estimate of drug-likeness (QED) is 0.744. The smallest absolute Gasteiger partial charge is 0.0911 e. The lowest BCUT2D eigenvalue weighted by Gasteiger charge is -2.60. The molecule has 2 aliphatic carbocycles. The third-order valence-corrected chi connectivity index (χ3v) is 6.92. The molecule has 2 rings (SSSR count). The van der Waals surface area contributed by atoms with Crippen molar-refractivity contribution in [3.63, 3.8) is 0 Å². The molecular formula is C20H34O2. The van der Waals surface area contributed by atoms with Gasteiger partial charge in [-0.2, -0.15) is 0 Å². The Morgan fingerprint density at radius 3 is 2.59 bits per heavy atom. The maximum absolute atomic E-state index is 11.7. The molecule has 0 radical (unpaired) electrons. The molecule has 0 heterocycles. The second kappa shape index (κ2) is 5.49. The molecule has 0 aromatic carbocycles. The average Bonchev–Trinajstić information content (AvgIpc) is 2.42. The molecule has 0 aromatic heterocycles. The van der Waals surface area contributed by atoms with Gasteiger partial charge in [-0.25, -0.2) is 0 Å². The van der Waals surface area contributed by atoms with Gasteiger partial charge in [0, 0.05) is 5.41 Å². The van der Waals surface area contributed by atoms with Crippen molar-refractivity contribution < 1.29 is 10.2 Å². The summed E-state index contributed by atoms with van der Waals surface area (Å²) in [6.07, 6.45) is 9.51. The summed E-state index contributed by atoms with van der Waals surface area (Å²) in [5.41, 5.74) is -0.488. The Hall–Kier alpha value is -0.600. The Balaban J connectivity index is 2.37. The van der Waals surface area contributed by atoms with Gasteiger partial charge in [0.15, 0.2) is 0 Å². The zero-order chi connectivity index (χ0) is 16.8.